The summed E-state index contributed by atoms with van der Waals surface area (Å²) in [6.07, 6.45) is 7.07. The number of hydrogen-bond acceptors (Lipinski definition) is 4. The molecule has 0 saturated heterocycles. The number of guanidine groups is 1. The minimum atomic E-state index is -0.227. The quantitative estimate of drug-likeness (QED) is 0.386. The van der Waals surface area contributed by atoms with Crippen LogP contribution >= 0.6 is 0 Å². The number of fused-ring (bicyclic) bond motifs is 1. The van der Waals surface area contributed by atoms with Gasteiger partial charge in [-0.25, -0.2) is 0 Å². The van der Waals surface area contributed by atoms with Gasteiger partial charge in [-0.2, -0.15) is 0 Å². The van der Waals surface area contributed by atoms with Crippen LogP contribution < -0.4 is 20.7 Å². The van der Waals surface area contributed by atoms with Gasteiger partial charge in [-0.15, -0.1) is 0 Å². The Bertz CT molecular complexity index is 872. The molecule has 1 unspecified atom stereocenters. The summed E-state index contributed by atoms with van der Waals surface area (Å²) >= 11 is 0. The van der Waals surface area contributed by atoms with Crippen LogP contribution in [0.1, 0.15) is 61.2 Å². The molecule has 1 aromatic heterocycles. The molecule has 1 saturated carbocycles. The van der Waals surface area contributed by atoms with Crippen molar-refractivity contribution in [3.05, 3.63) is 54.0 Å². The van der Waals surface area contributed by atoms with Gasteiger partial charge in [0.05, 0.1) is 18.8 Å². The molecular formula is C23H30N4O3. The molecule has 2 aliphatic rings. The molecule has 7 heteroatoms. The van der Waals surface area contributed by atoms with Crippen molar-refractivity contribution in [2.75, 3.05) is 19.6 Å². The SMILES string of the molecule is CCNC(=NCCNC(=O)c1ccco1)NC1CC2(CCCC2)Oc2ccccc21. The molecule has 7 nitrogen and oxygen atoms in total. The highest BCUT2D eigenvalue weighted by molar-refractivity contribution is 5.91. The fourth-order valence-corrected chi connectivity index (χ4v) is 4.39. The summed E-state index contributed by atoms with van der Waals surface area (Å²) in [5.41, 5.74) is 1.10. The lowest BCUT2D eigenvalue weighted by Gasteiger charge is -2.40. The van der Waals surface area contributed by atoms with Gasteiger partial charge < -0.3 is 25.1 Å². The molecule has 1 aliphatic carbocycles. The molecule has 3 N–H and O–H groups in total. The zero-order valence-electron chi connectivity index (χ0n) is 17.4. The Morgan fingerprint density at radius 3 is 2.77 bits per heavy atom. The number of rotatable bonds is 6. The fraction of sp³-hybridized carbons (Fsp3) is 0.478. The third kappa shape index (κ3) is 4.61. The van der Waals surface area contributed by atoms with E-state index < -0.39 is 0 Å². The highest BCUT2D eigenvalue weighted by atomic mass is 16.5. The monoisotopic (exact) mass is 410 g/mol. The van der Waals surface area contributed by atoms with E-state index in [0.29, 0.717) is 18.8 Å². The largest absolute Gasteiger partial charge is 0.487 e. The van der Waals surface area contributed by atoms with Gasteiger partial charge in [0.15, 0.2) is 11.7 Å². The Morgan fingerprint density at radius 2 is 2.00 bits per heavy atom. The number of aliphatic imine (C=N–C) groups is 1. The van der Waals surface area contributed by atoms with Crippen molar-refractivity contribution in [1.82, 2.24) is 16.0 Å². The highest BCUT2D eigenvalue weighted by Gasteiger charge is 2.43. The van der Waals surface area contributed by atoms with E-state index in [-0.39, 0.29) is 17.6 Å². The first-order chi connectivity index (χ1) is 14.7. The predicted molar refractivity (Wildman–Crippen MR) is 116 cm³/mol. The maximum atomic E-state index is 12.0. The second-order valence-electron chi connectivity index (χ2n) is 7.92. The molecular weight excluding hydrogens is 380 g/mol. The smallest absolute Gasteiger partial charge is 0.287 e. The summed E-state index contributed by atoms with van der Waals surface area (Å²) in [5.74, 6) is 1.81. The summed E-state index contributed by atoms with van der Waals surface area (Å²) in [6.45, 7) is 3.72. The van der Waals surface area contributed by atoms with Crippen LogP contribution in [0.15, 0.2) is 52.1 Å². The molecule has 0 bridgehead atoms. The topological polar surface area (TPSA) is 87.9 Å². The van der Waals surface area contributed by atoms with E-state index in [9.17, 15) is 4.79 Å². The van der Waals surface area contributed by atoms with Crippen LogP contribution in [0, 0.1) is 0 Å². The number of para-hydroxylation sites is 1. The Balaban J connectivity index is 1.41. The van der Waals surface area contributed by atoms with Crippen LogP contribution in [0.5, 0.6) is 5.75 Å². The van der Waals surface area contributed by atoms with E-state index in [1.54, 1.807) is 12.1 Å². The van der Waals surface area contributed by atoms with E-state index in [1.165, 1.54) is 24.7 Å². The molecule has 1 aliphatic heterocycles. The lowest BCUT2D eigenvalue weighted by molar-refractivity contribution is 0.0396. The number of nitrogens with zero attached hydrogens (tertiary/aromatic N) is 1. The zero-order valence-corrected chi connectivity index (χ0v) is 17.4. The number of furan rings is 1. The first-order valence-electron chi connectivity index (χ1n) is 10.8. The van der Waals surface area contributed by atoms with Crippen LogP contribution in [0.25, 0.3) is 0 Å². The van der Waals surface area contributed by atoms with E-state index in [0.717, 1.165) is 37.5 Å². The van der Waals surface area contributed by atoms with Crippen LogP contribution in [0.4, 0.5) is 0 Å². The third-order valence-corrected chi connectivity index (χ3v) is 5.78. The minimum Gasteiger partial charge on any atom is -0.487 e. The average molecular weight is 411 g/mol. The molecule has 1 fully saturated rings. The number of ether oxygens (including phenoxy) is 1. The first-order valence-corrected chi connectivity index (χ1v) is 10.8. The van der Waals surface area contributed by atoms with Crippen molar-refractivity contribution < 1.29 is 13.9 Å². The zero-order chi connectivity index (χ0) is 20.8. The average Bonchev–Trinajstić information content (AvgIpc) is 3.44. The van der Waals surface area contributed by atoms with Crippen LogP contribution in [0.2, 0.25) is 0 Å². The normalized spacial score (nSPS) is 19.8. The number of amides is 1. The summed E-state index contributed by atoms with van der Waals surface area (Å²) in [4.78, 5) is 16.6. The summed E-state index contributed by atoms with van der Waals surface area (Å²) < 4.78 is 11.6. The second kappa shape index (κ2) is 9.24. The highest BCUT2D eigenvalue weighted by Crippen LogP contribution is 2.46. The van der Waals surface area contributed by atoms with Crippen molar-refractivity contribution in [3.8, 4) is 5.75 Å². The van der Waals surface area contributed by atoms with Gasteiger partial charge in [0.25, 0.3) is 5.91 Å². The lowest BCUT2D eigenvalue weighted by atomic mass is 9.86. The Hall–Kier alpha value is -2.96. The summed E-state index contributed by atoms with van der Waals surface area (Å²) in [6, 6.07) is 11.8. The molecule has 2 aromatic rings. The van der Waals surface area contributed by atoms with E-state index in [4.69, 9.17) is 9.15 Å². The summed E-state index contributed by atoms with van der Waals surface area (Å²) in [5, 5.41) is 9.76. The molecule has 1 amide bonds. The van der Waals surface area contributed by atoms with Gasteiger partial charge in [-0.05, 0) is 50.8 Å². The maximum Gasteiger partial charge on any atom is 0.287 e. The molecule has 1 spiro atoms. The first kappa shape index (κ1) is 20.3. The van der Waals surface area contributed by atoms with Crippen LogP contribution in [0.3, 0.4) is 0 Å². The Morgan fingerprint density at radius 1 is 1.17 bits per heavy atom. The molecule has 1 aromatic carbocycles. The lowest BCUT2D eigenvalue weighted by Crippen LogP contribution is -2.46. The second-order valence-corrected chi connectivity index (χ2v) is 7.92. The molecule has 1 atom stereocenters. The number of hydrogen-bond donors (Lipinski definition) is 3. The number of carbonyl (C=O) groups is 1. The third-order valence-electron chi connectivity index (χ3n) is 5.78. The van der Waals surface area contributed by atoms with Gasteiger partial charge in [0, 0.05) is 25.1 Å². The number of carbonyl (C=O) groups excluding carboxylic acids is 1. The molecule has 0 radical (unpaired) electrons. The van der Waals surface area contributed by atoms with Crippen molar-refractivity contribution >= 4 is 11.9 Å². The van der Waals surface area contributed by atoms with Crippen molar-refractivity contribution in [1.29, 1.82) is 0 Å². The number of benzene rings is 1. The van der Waals surface area contributed by atoms with Crippen LogP contribution in [-0.4, -0.2) is 37.1 Å². The van der Waals surface area contributed by atoms with Gasteiger partial charge in [0.2, 0.25) is 0 Å². The Kier molecular flexibility index (Phi) is 6.26. The molecule has 160 valence electrons. The van der Waals surface area contributed by atoms with E-state index in [1.807, 2.05) is 13.0 Å². The molecule has 4 rings (SSSR count). The number of nitrogens with one attached hydrogen (secondary N) is 3. The minimum absolute atomic E-state index is 0.0691. The standard InChI is InChI=1S/C23H30N4O3/c1-2-24-22(26-14-13-25-21(28)20-10-7-15-29-20)27-18-16-23(11-5-6-12-23)30-19-9-4-3-8-17(18)19/h3-4,7-10,15,18H,2,5-6,11-14,16H2,1H3,(H,25,28)(H2,24,26,27). The maximum absolute atomic E-state index is 12.0. The van der Waals surface area contributed by atoms with Crippen LogP contribution in [-0.2, 0) is 0 Å². The van der Waals surface area contributed by atoms with Gasteiger partial charge in [0.1, 0.15) is 11.4 Å². The van der Waals surface area contributed by atoms with Gasteiger partial charge in [-0.3, -0.25) is 9.79 Å². The predicted octanol–water partition coefficient (Wildman–Crippen LogP) is 3.40. The Labute approximate surface area is 177 Å². The van der Waals surface area contributed by atoms with Gasteiger partial charge in [-0.1, -0.05) is 18.2 Å². The molecule has 30 heavy (non-hydrogen) atoms. The van der Waals surface area contributed by atoms with E-state index in [2.05, 4.69) is 39.1 Å². The van der Waals surface area contributed by atoms with Crippen molar-refractivity contribution in [2.45, 2.75) is 50.7 Å². The van der Waals surface area contributed by atoms with Gasteiger partial charge >= 0.3 is 0 Å². The summed E-state index contributed by atoms with van der Waals surface area (Å²) in [7, 11) is 0. The fourth-order valence-electron chi connectivity index (χ4n) is 4.39. The van der Waals surface area contributed by atoms with E-state index >= 15 is 0 Å². The molecule has 2 heterocycles. The van der Waals surface area contributed by atoms with Crippen molar-refractivity contribution in [3.63, 3.8) is 0 Å². The van der Waals surface area contributed by atoms with Crippen molar-refractivity contribution in [2.24, 2.45) is 4.99 Å².